The number of rotatable bonds is 5. The van der Waals surface area contributed by atoms with Crippen molar-refractivity contribution < 1.29 is 4.79 Å². The van der Waals surface area contributed by atoms with E-state index in [4.69, 9.17) is 0 Å². The Morgan fingerprint density at radius 2 is 2.13 bits per heavy atom. The third-order valence-corrected chi connectivity index (χ3v) is 3.86. The SMILES string of the molecule is CCn1cc(CC(=O)Nc2n[nH]c(C(C)C)n2)c2ccccc21. The summed E-state index contributed by atoms with van der Waals surface area (Å²) in [5, 5.41) is 10.7. The van der Waals surface area contributed by atoms with Crippen molar-refractivity contribution in [3.63, 3.8) is 0 Å². The number of nitrogens with zero attached hydrogens (tertiary/aromatic N) is 3. The fourth-order valence-corrected chi connectivity index (χ4v) is 2.66. The molecule has 0 aliphatic carbocycles. The van der Waals surface area contributed by atoms with E-state index in [9.17, 15) is 4.79 Å². The van der Waals surface area contributed by atoms with Crippen LogP contribution in [0.5, 0.6) is 0 Å². The molecule has 120 valence electrons. The van der Waals surface area contributed by atoms with Gasteiger partial charge in [0.25, 0.3) is 0 Å². The molecule has 0 atom stereocenters. The molecule has 2 aromatic heterocycles. The van der Waals surface area contributed by atoms with Crippen LogP contribution in [0.2, 0.25) is 0 Å². The van der Waals surface area contributed by atoms with E-state index < -0.39 is 0 Å². The highest BCUT2D eigenvalue weighted by atomic mass is 16.1. The first-order valence-corrected chi connectivity index (χ1v) is 7.87. The molecule has 1 amide bonds. The lowest BCUT2D eigenvalue weighted by molar-refractivity contribution is -0.115. The van der Waals surface area contributed by atoms with Gasteiger partial charge in [-0.25, -0.2) is 0 Å². The number of carbonyl (C=O) groups excluding carboxylic acids is 1. The first kappa shape index (κ1) is 15.3. The minimum absolute atomic E-state index is 0.113. The van der Waals surface area contributed by atoms with Gasteiger partial charge in [-0.15, -0.1) is 5.10 Å². The number of nitrogens with one attached hydrogen (secondary N) is 2. The number of aromatic nitrogens is 4. The number of H-pyrrole nitrogens is 1. The van der Waals surface area contributed by atoms with Gasteiger partial charge in [0.15, 0.2) is 0 Å². The lowest BCUT2D eigenvalue weighted by Gasteiger charge is -2.00. The number of benzene rings is 1. The Bertz CT molecular complexity index is 830. The van der Waals surface area contributed by atoms with Gasteiger partial charge in [-0.2, -0.15) is 4.98 Å². The average Bonchev–Trinajstić information content (AvgIpc) is 3.13. The smallest absolute Gasteiger partial charge is 0.248 e. The van der Waals surface area contributed by atoms with Crippen molar-refractivity contribution in [2.75, 3.05) is 5.32 Å². The van der Waals surface area contributed by atoms with Crippen LogP contribution < -0.4 is 5.32 Å². The van der Waals surface area contributed by atoms with Crippen molar-refractivity contribution in [2.45, 2.75) is 39.7 Å². The molecule has 2 heterocycles. The highest BCUT2D eigenvalue weighted by Gasteiger charge is 2.13. The number of hydrogen-bond donors (Lipinski definition) is 2. The second-order valence-electron chi connectivity index (χ2n) is 5.88. The molecule has 0 aliphatic heterocycles. The topological polar surface area (TPSA) is 75.6 Å². The normalized spacial score (nSPS) is 11.3. The van der Waals surface area contributed by atoms with E-state index in [0.29, 0.717) is 12.4 Å². The molecule has 6 nitrogen and oxygen atoms in total. The fourth-order valence-electron chi connectivity index (χ4n) is 2.66. The number of hydrogen-bond acceptors (Lipinski definition) is 3. The molecule has 2 N–H and O–H groups in total. The summed E-state index contributed by atoms with van der Waals surface area (Å²) in [4.78, 5) is 16.6. The minimum Gasteiger partial charge on any atom is -0.347 e. The second-order valence-corrected chi connectivity index (χ2v) is 5.88. The molecule has 0 saturated carbocycles. The van der Waals surface area contributed by atoms with Crippen LogP contribution in [0.1, 0.15) is 38.1 Å². The van der Waals surface area contributed by atoms with E-state index in [1.165, 1.54) is 0 Å². The van der Waals surface area contributed by atoms with Gasteiger partial charge in [0, 0.05) is 29.6 Å². The third kappa shape index (κ3) is 3.11. The van der Waals surface area contributed by atoms with Gasteiger partial charge >= 0.3 is 0 Å². The van der Waals surface area contributed by atoms with Gasteiger partial charge in [-0.3, -0.25) is 15.2 Å². The molecule has 6 heteroatoms. The lowest BCUT2D eigenvalue weighted by Crippen LogP contribution is -2.15. The summed E-state index contributed by atoms with van der Waals surface area (Å²) in [6, 6.07) is 8.13. The van der Waals surface area contributed by atoms with Crippen LogP contribution in [0.4, 0.5) is 5.95 Å². The standard InChI is InChI=1S/C17H21N5O/c1-4-22-10-12(13-7-5-6-8-14(13)22)9-15(23)18-17-19-16(11(2)3)20-21-17/h5-8,10-11H,4,9H2,1-3H3,(H2,18,19,20,21,23). The summed E-state index contributed by atoms with van der Waals surface area (Å²) in [5.74, 6) is 1.23. The van der Waals surface area contributed by atoms with Crippen LogP contribution in [0.15, 0.2) is 30.5 Å². The quantitative estimate of drug-likeness (QED) is 0.760. The van der Waals surface area contributed by atoms with Gasteiger partial charge in [-0.05, 0) is 18.6 Å². The van der Waals surface area contributed by atoms with Gasteiger partial charge in [0.05, 0.1) is 6.42 Å². The second kappa shape index (κ2) is 6.24. The predicted molar refractivity (Wildman–Crippen MR) is 90.4 cm³/mol. The van der Waals surface area contributed by atoms with E-state index in [0.717, 1.165) is 28.8 Å². The lowest BCUT2D eigenvalue weighted by atomic mass is 10.1. The first-order valence-electron chi connectivity index (χ1n) is 7.87. The highest BCUT2D eigenvalue weighted by Crippen LogP contribution is 2.22. The maximum Gasteiger partial charge on any atom is 0.248 e. The van der Waals surface area contributed by atoms with E-state index >= 15 is 0 Å². The Morgan fingerprint density at radius 3 is 2.83 bits per heavy atom. The zero-order valence-electron chi connectivity index (χ0n) is 13.6. The Morgan fingerprint density at radius 1 is 1.35 bits per heavy atom. The van der Waals surface area contributed by atoms with Crippen LogP contribution in [0.3, 0.4) is 0 Å². The van der Waals surface area contributed by atoms with Crippen molar-refractivity contribution >= 4 is 22.8 Å². The van der Waals surface area contributed by atoms with Crippen LogP contribution >= 0.6 is 0 Å². The maximum atomic E-state index is 12.3. The molecule has 0 fully saturated rings. The van der Waals surface area contributed by atoms with Gasteiger partial charge in [0.2, 0.25) is 11.9 Å². The number of fused-ring (bicyclic) bond motifs is 1. The number of amides is 1. The molecule has 0 radical (unpaired) electrons. The molecule has 23 heavy (non-hydrogen) atoms. The Kier molecular flexibility index (Phi) is 4.14. The highest BCUT2D eigenvalue weighted by molar-refractivity contribution is 5.94. The van der Waals surface area contributed by atoms with Crippen LogP contribution in [-0.4, -0.2) is 25.7 Å². The summed E-state index contributed by atoms with van der Waals surface area (Å²) in [7, 11) is 0. The summed E-state index contributed by atoms with van der Waals surface area (Å²) in [5.41, 5.74) is 2.16. The average molecular weight is 311 g/mol. The largest absolute Gasteiger partial charge is 0.347 e. The monoisotopic (exact) mass is 311 g/mol. The number of anilines is 1. The molecule has 0 bridgehead atoms. The van der Waals surface area contributed by atoms with E-state index in [1.807, 2.05) is 38.2 Å². The maximum absolute atomic E-state index is 12.3. The van der Waals surface area contributed by atoms with Crippen molar-refractivity contribution in [1.29, 1.82) is 0 Å². The van der Waals surface area contributed by atoms with Crippen LogP contribution in [0.25, 0.3) is 10.9 Å². The van der Waals surface area contributed by atoms with Crippen molar-refractivity contribution in [3.05, 3.63) is 41.9 Å². The molecular formula is C17H21N5O. The Labute approximate surface area is 134 Å². The molecule has 0 unspecified atom stereocenters. The fraction of sp³-hybridized carbons (Fsp3) is 0.353. The number of aromatic amines is 1. The molecular weight excluding hydrogens is 290 g/mol. The minimum atomic E-state index is -0.113. The Balaban J connectivity index is 1.77. The van der Waals surface area contributed by atoms with E-state index in [1.54, 1.807) is 0 Å². The van der Waals surface area contributed by atoms with Crippen molar-refractivity contribution in [1.82, 2.24) is 19.7 Å². The zero-order valence-corrected chi connectivity index (χ0v) is 13.6. The van der Waals surface area contributed by atoms with Gasteiger partial charge < -0.3 is 4.57 Å². The van der Waals surface area contributed by atoms with Crippen LogP contribution in [0, 0.1) is 0 Å². The predicted octanol–water partition coefficient (Wildman–Crippen LogP) is 3.08. The molecule has 3 rings (SSSR count). The van der Waals surface area contributed by atoms with Crippen molar-refractivity contribution in [2.24, 2.45) is 0 Å². The molecule has 1 aromatic carbocycles. The molecule has 0 aliphatic rings. The first-order chi connectivity index (χ1) is 11.1. The van der Waals surface area contributed by atoms with Crippen molar-refractivity contribution in [3.8, 4) is 0 Å². The molecule has 3 aromatic rings. The summed E-state index contributed by atoms with van der Waals surface area (Å²) in [6.45, 7) is 7.01. The molecule has 0 spiro atoms. The number of para-hydroxylation sites is 1. The molecule has 0 saturated heterocycles. The third-order valence-electron chi connectivity index (χ3n) is 3.86. The Hall–Kier alpha value is -2.63. The summed E-state index contributed by atoms with van der Waals surface area (Å²) < 4.78 is 2.15. The number of carbonyl (C=O) groups is 1. The van der Waals surface area contributed by atoms with Gasteiger partial charge in [0.1, 0.15) is 5.82 Å². The zero-order chi connectivity index (χ0) is 16.4. The van der Waals surface area contributed by atoms with Gasteiger partial charge in [-0.1, -0.05) is 32.0 Å². The van der Waals surface area contributed by atoms with E-state index in [2.05, 4.69) is 38.1 Å². The van der Waals surface area contributed by atoms with Crippen LogP contribution in [-0.2, 0) is 17.8 Å². The summed E-state index contributed by atoms with van der Waals surface area (Å²) >= 11 is 0. The van der Waals surface area contributed by atoms with E-state index in [-0.39, 0.29) is 11.8 Å². The summed E-state index contributed by atoms with van der Waals surface area (Å²) in [6.07, 6.45) is 2.35. The number of aryl methyl sites for hydroxylation is 1.